The molecule has 0 radical (unpaired) electrons. The SMILES string of the molecule is CC1(C)CC(=O)C2=C(C1)Nc1ccccc1N[C@H]2c1ccc(C(C)(C)C)cc1. The maximum atomic E-state index is 13.2. The lowest BCUT2D eigenvalue weighted by Crippen LogP contribution is -2.31. The molecule has 3 heteroatoms. The maximum Gasteiger partial charge on any atom is 0.163 e. The summed E-state index contributed by atoms with van der Waals surface area (Å²) in [4.78, 5) is 13.2. The van der Waals surface area contributed by atoms with Gasteiger partial charge in [0.2, 0.25) is 0 Å². The van der Waals surface area contributed by atoms with Crippen molar-refractivity contribution in [2.45, 2.75) is 58.9 Å². The molecule has 2 aliphatic rings. The largest absolute Gasteiger partial charge is 0.372 e. The van der Waals surface area contributed by atoms with Gasteiger partial charge in [0.15, 0.2) is 5.78 Å². The Morgan fingerprint density at radius 2 is 1.57 bits per heavy atom. The van der Waals surface area contributed by atoms with E-state index in [1.165, 1.54) is 5.56 Å². The number of ketones is 1. The number of nitrogens with one attached hydrogen (secondary N) is 2. The normalized spacial score (nSPS) is 21.2. The lowest BCUT2D eigenvalue weighted by molar-refractivity contribution is -0.118. The van der Waals surface area contributed by atoms with Crippen LogP contribution in [0.2, 0.25) is 0 Å². The van der Waals surface area contributed by atoms with Gasteiger partial charge in [0.1, 0.15) is 0 Å². The van der Waals surface area contributed by atoms with Crippen molar-refractivity contribution < 1.29 is 4.79 Å². The van der Waals surface area contributed by atoms with E-state index in [0.717, 1.165) is 34.6 Å². The quantitative estimate of drug-likeness (QED) is 0.624. The van der Waals surface area contributed by atoms with Crippen molar-refractivity contribution in [3.63, 3.8) is 0 Å². The summed E-state index contributed by atoms with van der Waals surface area (Å²) in [5, 5.41) is 7.23. The van der Waals surface area contributed by atoms with Gasteiger partial charge in [-0.1, -0.05) is 71.0 Å². The smallest absolute Gasteiger partial charge is 0.163 e. The van der Waals surface area contributed by atoms with Crippen LogP contribution < -0.4 is 10.6 Å². The zero-order valence-electron chi connectivity index (χ0n) is 17.5. The number of para-hydroxylation sites is 2. The molecule has 2 aromatic rings. The summed E-state index contributed by atoms with van der Waals surface area (Å²) in [6, 6.07) is 16.8. The second-order valence-corrected chi connectivity index (χ2v) is 9.95. The van der Waals surface area contributed by atoms with Crippen LogP contribution in [0, 0.1) is 5.41 Å². The molecule has 0 saturated carbocycles. The Kier molecular flexibility index (Phi) is 4.37. The van der Waals surface area contributed by atoms with Gasteiger partial charge in [-0.3, -0.25) is 4.79 Å². The minimum atomic E-state index is -0.135. The van der Waals surface area contributed by atoms with Crippen LogP contribution in [-0.4, -0.2) is 5.78 Å². The lowest BCUT2D eigenvalue weighted by Gasteiger charge is -2.34. The van der Waals surface area contributed by atoms with Crippen LogP contribution in [-0.2, 0) is 10.2 Å². The summed E-state index contributed by atoms with van der Waals surface area (Å²) in [6.45, 7) is 11.0. The van der Waals surface area contributed by atoms with Gasteiger partial charge in [-0.25, -0.2) is 0 Å². The van der Waals surface area contributed by atoms with E-state index >= 15 is 0 Å². The molecule has 4 rings (SSSR count). The summed E-state index contributed by atoms with van der Waals surface area (Å²) < 4.78 is 0. The number of benzene rings is 2. The molecule has 1 aliphatic heterocycles. The van der Waals surface area contributed by atoms with Gasteiger partial charge in [-0.05, 0) is 40.5 Å². The van der Waals surface area contributed by atoms with Gasteiger partial charge in [-0.15, -0.1) is 0 Å². The third-order valence-electron chi connectivity index (χ3n) is 5.83. The highest BCUT2D eigenvalue weighted by atomic mass is 16.1. The Morgan fingerprint density at radius 1 is 0.929 bits per heavy atom. The first kappa shape index (κ1) is 18.8. The van der Waals surface area contributed by atoms with Crippen molar-refractivity contribution in [2.75, 3.05) is 10.6 Å². The van der Waals surface area contributed by atoms with Gasteiger partial charge in [0.05, 0.1) is 17.4 Å². The summed E-state index contributed by atoms with van der Waals surface area (Å²) in [7, 11) is 0. The van der Waals surface area contributed by atoms with E-state index in [9.17, 15) is 4.79 Å². The van der Waals surface area contributed by atoms with E-state index in [2.05, 4.69) is 81.7 Å². The van der Waals surface area contributed by atoms with Crippen molar-refractivity contribution in [2.24, 2.45) is 5.41 Å². The molecular weight excluding hydrogens is 344 g/mol. The average molecular weight is 375 g/mol. The second-order valence-electron chi connectivity index (χ2n) is 9.95. The predicted molar refractivity (Wildman–Crippen MR) is 117 cm³/mol. The monoisotopic (exact) mass is 374 g/mol. The molecule has 0 spiro atoms. The first-order valence-electron chi connectivity index (χ1n) is 10.1. The van der Waals surface area contributed by atoms with E-state index in [-0.39, 0.29) is 22.7 Å². The molecule has 146 valence electrons. The summed E-state index contributed by atoms with van der Waals surface area (Å²) in [5.41, 5.74) is 6.53. The van der Waals surface area contributed by atoms with Crippen LogP contribution in [0.4, 0.5) is 11.4 Å². The van der Waals surface area contributed by atoms with Crippen molar-refractivity contribution in [3.05, 3.63) is 70.9 Å². The second kappa shape index (κ2) is 6.51. The van der Waals surface area contributed by atoms with E-state index in [4.69, 9.17) is 0 Å². The number of Topliss-reactive ketones (excluding diaryl/α,β-unsaturated/α-hetero) is 1. The standard InChI is InChI=1S/C25H30N2O/c1-24(2,3)17-12-10-16(11-13-17)23-22-20(14-25(4,5)15-21(22)28)26-18-8-6-7-9-19(18)27-23/h6-13,23,26-27H,14-15H2,1-5H3/t23-/m0/s1. The molecule has 0 aromatic heterocycles. The highest BCUT2D eigenvalue weighted by molar-refractivity contribution is 6.01. The number of rotatable bonds is 1. The molecule has 2 aromatic carbocycles. The third-order valence-corrected chi connectivity index (χ3v) is 5.83. The van der Waals surface area contributed by atoms with Crippen LogP contribution >= 0.6 is 0 Å². The zero-order chi connectivity index (χ0) is 20.1. The summed E-state index contributed by atoms with van der Waals surface area (Å²) in [5.74, 6) is 0.240. The Bertz CT molecular complexity index is 945. The van der Waals surface area contributed by atoms with Crippen LogP contribution in [0.15, 0.2) is 59.8 Å². The number of allylic oxidation sites excluding steroid dienone is 1. The van der Waals surface area contributed by atoms with Crippen molar-refractivity contribution in [1.29, 1.82) is 0 Å². The molecule has 3 nitrogen and oxygen atoms in total. The summed E-state index contributed by atoms with van der Waals surface area (Å²) in [6.07, 6.45) is 1.46. The van der Waals surface area contributed by atoms with E-state index in [1.54, 1.807) is 0 Å². The maximum absolute atomic E-state index is 13.2. The molecule has 0 fully saturated rings. The molecular formula is C25H30N2O. The molecule has 0 unspecified atom stereocenters. The van der Waals surface area contributed by atoms with Gasteiger partial charge in [0, 0.05) is 17.7 Å². The van der Waals surface area contributed by atoms with Crippen molar-refractivity contribution in [3.8, 4) is 0 Å². The fourth-order valence-electron chi connectivity index (χ4n) is 4.31. The molecule has 0 amide bonds. The van der Waals surface area contributed by atoms with Crippen LogP contribution in [0.3, 0.4) is 0 Å². The first-order chi connectivity index (χ1) is 13.1. The van der Waals surface area contributed by atoms with E-state index in [0.29, 0.717) is 6.42 Å². The summed E-state index contributed by atoms with van der Waals surface area (Å²) >= 11 is 0. The van der Waals surface area contributed by atoms with Crippen LogP contribution in [0.5, 0.6) is 0 Å². The Morgan fingerprint density at radius 3 is 2.21 bits per heavy atom. The molecule has 1 atom stereocenters. The third kappa shape index (κ3) is 3.46. The predicted octanol–water partition coefficient (Wildman–Crippen LogP) is 6.21. The fraction of sp³-hybridized carbons (Fsp3) is 0.400. The molecule has 1 aliphatic carbocycles. The van der Waals surface area contributed by atoms with Gasteiger partial charge >= 0.3 is 0 Å². The number of carbonyl (C=O) groups is 1. The number of anilines is 2. The number of hydrogen-bond donors (Lipinski definition) is 2. The van der Waals surface area contributed by atoms with Crippen LogP contribution in [0.1, 0.15) is 64.6 Å². The molecule has 0 bridgehead atoms. The van der Waals surface area contributed by atoms with Crippen molar-refractivity contribution in [1.82, 2.24) is 0 Å². The Labute approximate surface area is 168 Å². The number of carbonyl (C=O) groups excluding carboxylic acids is 1. The van der Waals surface area contributed by atoms with E-state index < -0.39 is 0 Å². The first-order valence-corrected chi connectivity index (χ1v) is 10.1. The average Bonchev–Trinajstić information content (AvgIpc) is 2.76. The van der Waals surface area contributed by atoms with Gasteiger partial charge in [0.25, 0.3) is 0 Å². The topological polar surface area (TPSA) is 41.1 Å². The minimum absolute atomic E-state index is 0.0250. The highest BCUT2D eigenvalue weighted by Crippen LogP contribution is 2.45. The molecule has 2 N–H and O–H groups in total. The molecule has 0 saturated heterocycles. The highest BCUT2D eigenvalue weighted by Gasteiger charge is 2.38. The number of fused-ring (bicyclic) bond motifs is 1. The van der Waals surface area contributed by atoms with Gasteiger partial charge < -0.3 is 10.6 Å². The Hall–Kier alpha value is -2.55. The van der Waals surface area contributed by atoms with Crippen molar-refractivity contribution >= 4 is 17.2 Å². The minimum Gasteiger partial charge on any atom is -0.372 e. The van der Waals surface area contributed by atoms with E-state index in [1.807, 2.05) is 12.1 Å². The zero-order valence-corrected chi connectivity index (χ0v) is 17.5. The van der Waals surface area contributed by atoms with Crippen LogP contribution in [0.25, 0.3) is 0 Å². The molecule has 1 heterocycles. The fourth-order valence-corrected chi connectivity index (χ4v) is 4.31. The lowest BCUT2D eigenvalue weighted by atomic mass is 9.73. The Balaban J connectivity index is 1.83. The molecule has 28 heavy (non-hydrogen) atoms. The van der Waals surface area contributed by atoms with Gasteiger partial charge in [-0.2, -0.15) is 0 Å². The number of hydrogen-bond acceptors (Lipinski definition) is 3.